The van der Waals surface area contributed by atoms with Gasteiger partial charge in [0.25, 0.3) is 0 Å². The summed E-state index contributed by atoms with van der Waals surface area (Å²) in [7, 11) is 0. The van der Waals surface area contributed by atoms with Gasteiger partial charge in [0, 0.05) is 24.0 Å². The number of aromatic nitrogens is 3. The van der Waals surface area contributed by atoms with Crippen LogP contribution < -0.4 is 5.32 Å². The van der Waals surface area contributed by atoms with Crippen molar-refractivity contribution in [3.8, 4) is 11.3 Å². The summed E-state index contributed by atoms with van der Waals surface area (Å²) in [6, 6.07) is 8.08. The average molecular weight is 214 g/mol. The standard InChI is InChI=1S/C12H14N4/c1-9(2)14-12-6-5-11(15-16-12)10-4-3-7-13-8-10/h3-9H,1-2H3,(H,14,16). The molecule has 0 saturated heterocycles. The van der Waals surface area contributed by atoms with Gasteiger partial charge in [0.05, 0.1) is 5.69 Å². The molecule has 0 aliphatic heterocycles. The van der Waals surface area contributed by atoms with Gasteiger partial charge in [-0.3, -0.25) is 4.98 Å². The van der Waals surface area contributed by atoms with Crippen molar-refractivity contribution in [2.75, 3.05) is 5.32 Å². The Morgan fingerprint density at radius 3 is 2.56 bits per heavy atom. The number of pyridine rings is 1. The lowest BCUT2D eigenvalue weighted by atomic mass is 10.2. The topological polar surface area (TPSA) is 50.7 Å². The molecule has 0 bridgehead atoms. The van der Waals surface area contributed by atoms with Crippen LogP contribution in [0.25, 0.3) is 11.3 Å². The molecule has 0 saturated carbocycles. The van der Waals surface area contributed by atoms with Crippen molar-refractivity contribution >= 4 is 5.82 Å². The molecule has 0 amide bonds. The molecule has 1 N–H and O–H groups in total. The van der Waals surface area contributed by atoms with Crippen LogP contribution >= 0.6 is 0 Å². The number of nitrogens with zero attached hydrogens (tertiary/aromatic N) is 3. The minimum Gasteiger partial charge on any atom is -0.366 e. The second-order valence-corrected chi connectivity index (χ2v) is 3.84. The monoisotopic (exact) mass is 214 g/mol. The van der Waals surface area contributed by atoms with Gasteiger partial charge in [0.2, 0.25) is 0 Å². The lowest BCUT2D eigenvalue weighted by molar-refractivity contribution is 0.874. The van der Waals surface area contributed by atoms with Gasteiger partial charge in [-0.15, -0.1) is 10.2 Å². The molecule has 0 atom stereocenters. The van der Waals surface area contributed by atoms with Crippen LogP contribution in [0.1, 0.15) is 13.8 Å². The van der Waals surface area contributed by atoms with Gasteiger partial charge < -0.3 is 5.32 Å². The summed E-state index contributed by atoms with van der Waals surface area (Å²) in [4.78, 5) is 4.05. The Kier molecular flexibility index (Phi) is 3.10. The van der Waals surface area contributed by atoms with Crippen molar-refractivity contribution in [1.82, 2.24) is 15.2 Å². The van der Waals surface area contributed by atoms with E-state index >= 15 is 0 Å². The molecule has 4 heteroatoms. The number of hydrogen-bond acceptors (Lipinski definition) is 4. The summed E-state index contributed by atoms with van der Waals surface area (Å²) in [5.41, 5.74) is 1.81. The molecule has 2 aromatic rings. The van der Waals surface area contributed by atoms with Gasteiger partial charge in [-0.25, -0.2) is 0 Å². The molecule has 0 fully saturated rings. The quantitative estimate of drug-likeness (QED) is 0.852. The Morgan fingerprint density at radius 2 is 2.00 bits per heavy atom. The summed E-state index contributed by atoms with van der Waals surface area (Å²) in [5.74, 6) is 0.794. The molecule has 0 spiro atoms. The van der Waals surface area contributed by atoms with Gasteiger partial charge in [-0.2, -0.15) is 0 Å². The Labute approximate surface area is 94.8 Å². The summed E-state index contributed by atoms with van der Waals surface area (Å²) in [5, 5.41) is 11.4. The van der Waals surface area contributed by atoms with Crippen molar-refractivity contribution < 1.29 is 0 Å². The molecule has 0 radical (unpaired) electrons. The highest BCUT2D eigenvalue weighted by atomic mass is 15.2. The minimum absolute atomic E-state index is 0.360. The van der Waals surface area contributed by atoms with Crippen LogP contribution in [-0.2, 0) is 0 Å². The highest BCUT2D eigenvalue weighted by molar-refractivity contribution is 5.58. The van der Waals surface area contributed by atoms with Crippen molar-refractivity contribution in [3.63, 3.8) is 0 Å². The van der Waals surface area contributed by atoms with Crippen LogP contribution in [0.2, 0.25) is 0 Å². The average Bonchev–Trinajstić information content (AvgIpc) is 2.30. The van der Waals surface area contributed by atoms with E-state index in [9.17, 15) is 0 Å². The van der Waals surface area contributed by atoms with E-state index in [0.29, 0.717) is 6.04 Å². The second-order valence-electron chi connectivity index (χ2n) is 3.84. The van der Waals surface area contributed by atoms with Crippen LogP contribution in [0, 0.1) is 0 Å². The third-order valence-electron chi connectivity index (χ3n) is 2.06. The highest BCUT2D eigenvalue weighted by Crippen LogP contribution is 2.15. The largest absolute Gasteiger partial charge is 0.366 e. The molecule has 2 heterocycles. The molecule has 4 nitrogen and oxygen atoms in total. The minimum atomic E-state index is 0.360. The number of anilines is 1. The third kappa shape index (κ3) is 2.53. The zero-order valence-corrected chi connectivity index (χ0v) is 9.38. The first-order chi connectivity index (χ1) is 7.75. The second kappa shape index (κ2) is 4.70. The lowest BCUT2D eigenvalue weighted by Crippen LogP contribution is -2.11. The van der Waals surface area contributed by atoms with Gasteiger partial charge in [-0.1, -0.05) is 0 Å². The van der Waals surface area contributed by atoms with E-state index in [1.54, 1.807) is 12.4 Å². The van der Waals surface area contributed by atoms with Crippen LogP contribution in [0.5, 0.6) is 0 Å². The zero-order chi connectivity index (χ0) is 11.4. The summed E-state index contributed by atoms with van der Waals surface area (Å²) in [6.07, 6.45) is 3.52. The van der Waals surface area contributed by atoms with E-state index in [1.807, 2.05) is 24.3 Å². The maximum atomic E-state index is 4.15. The van der Waals surface area contributed by atoms with E-state index in [4.69, 9.17) is 0 Å². The molecule has 16 heavy (non-hydrogen) atoms. The normalized spacial score (nSPS) is 10.4. The van der Waals surface area contributed by atoms with Crippen molar-refractivity contribution in [3.05, 3.63) is 36.7 Å². The number of hydrogen-bond donors (Lipinski definition) is 1. The van der Waals surface area contributed by atoms with Gasteiger partial charge >= 0.3 is 0 Å². The smallest absolute Gasteiger partial charge is 0.148 e. The summed E-state index contributed by atoms with van der Waals surface area (Å²) < 4.78 is 0. The Bertz CT molecular complexity index is 436. The van der Waals surface area contributed by atoms with E-state index in [-0.39, 0.29) is 0 Å². The molecule has 2 aromatic heterocycles. The SMILES string of the molecule is CC(C)Nc1ccc(-c2cccnc2)nn1. The molecule has 82 valence electrons. The fourth-order valence-electron chi connectivity index (χ4n) is 1.37. The molecular weight excluding hydrogens is 200 g/mol. The summed E-state index contributed by atoms with van der Waals surface area (Å²) >= 11 is 0. The fraction of sp³-hybridized carbons (Fsp3) is 0.250. The predicted octanol–water partition coefficient (Wildman–Crippen LogP) is 2.36. The van der Waals surface area contributed by atoms with Crippen LogP contribution in [0.4, 0.5) is 5.82 Å². The first-order valence-electron chi connectivity index (χ1n) is 5.26. The Hall–Kier alpha value is -1.97. The maximum Gasteiger partial charge on any atom is 0.148 e. The number of nitrogens with one attached hydrogen (secondary N) is 1. The zero-order valence-electron chi connectivity index (χ0n) is 9.38. The van der Waals surface area contributed by atoms with Crippen molar-refractivity contribution in [1.29, 1.82) is 0 Å². The van der Waals surface area contributed by atoms with E-state index < -0.39 is 0 Å². The molecule has 0 aromatic carbocycles. The van der Waals surface area contributed by atoms with Crippen LogP contribution in [-0.4, -0.2) is 21.2 Å². The Morgan fingerprint density at radius 1 is 1.12 bits per heavy atom. The van der Waals surface area contributed by atoms with Crippen LogP contribution in [0.3, 0.4) is 0 Å². The first kappa shape index (κ1) is 10.5. The molecular formula is C12H14N4. The summed E-state index contributed by atoms with van der Waals surface area (Å²) in [6.45, 7) is 4.13. The first-order valence-corrected chi connectivity index (χ1v) is 5.26. The van der Waals surface area contributed by atoms with Gasteiger partial charge in [0.1, 0.15) is 5.82 Å². The Balaban J connectivity index is 2.20. The maximum absolute atomic E-state index is 4.15. The van der Waals surface area contributed by atoms with E-state index in [1.165, 1.54) is 0 Å². The third-order valence-corrected chi connectivity index (χ3v) is 2.06. The van der Waals surface area contributed by atoms with Gasteiger partial charge in [0.15, 0.2) is 0 Å². The molecule has 0 aliphatic rings. The van der Waals surface area contributed by atoms with Crippen LogP contribution in [0.15, 0.2) is 36.7 Å². The van der Waals surface area contributed by atoms with E-state index in [2.05, 4.69) is 34.3 Å². The predicted molar refractivity (Wildman–Crippen MR) is 64.0 cm³/mol. The fourth-order valence-corrected chi connectivity index (χ4v) is 1.37. The lowest BCUT2D eigenvalue weighted by Gasteiger charge is -2.08. The van der Waals surface area contributed by atoms with E-state index in [0.717, 1.165) is 17.1 Å². The van der Waals surface area contributed by atoms with Crippen molar-refractivity contribution in [2.45, 2.75) is 19.9 Å². The molecule has 0 unspecified atom stereocenters. The molecule has 2 rings (SSSR count). The number of rotatable bonds is 3. The highest BCUT2D eigenvalue weighted by Gasteiger charge is 2.01. The van der Waals surface area contributed by atoms with Crippen molar-refractivity contribution in [2.24, 2.45) is 0 Å². The molecule has 0 aliphatic carbocycles. The van der Waals surface area contributed by atoms with Gasteiger partial charge in [-0.05, 0) is 38.1 Å².